The van der Waals surface area contributed by atoms with Crippen molar-refractivity contribution in [3.8, 4) is 11.1 Å². The summed E-state index contributed by atoms with van der Waals surface area (Å²) in [6.07, 6.45) is 0.940. The monoisotopic (exact) mass is 240 g/mol. The van der Waals surface area contributed by atoms with Gasteiger partial charge in [0.15, 0.2) is 0 Å². The normalized spacial score (nSPS) is 10.2. The van der Waals surface area contributed by atoms with Crippen LogP contribution in [0.5, 0.6) is 0 Å². The summed E-state index contributed by atoms with van der Waals surface area (Å²) >= 11 is 0. The Labute approximate surface area is 106 Å². The van der Waals surface area contributed by atoms with Crippen LogP contribution >= 0.6 is 9.24 Å². The van der Waals surface area contributed by atoms with Gasteiger partial charge in [0.05, 0.1) is 0 Å². The summed E-state index contributed by atoms with van der Waals surface area (Å²) in [5.41, 5.74) is 5.13. The molecule has 0 spiro atoms. The maximum Gasteiger partial charge on any atom is -0.00664 e. The average Bonchev–Trinajstić information content (AvgIpc) is 2.30. The van der Waals surface area contributed by atoms with E-state index in [9.17, 15) is 0 Å². The van der Waals surface area contributed by atoms with Crippen molar-refractivity contribution in [2.24, 2.45) is 0 Å². The maximum absolute atomic E-state index is 4.00. The minimum atomic E-state index is 0.940. The lowest BCUT2D eigenvalue weighted by Gasteiger charge is -2.11. The quantitative estimate of drug-likeness (QED) is 0.562. The molecule has 0 radical (unpaired) electrons. The summed E-state index contributed by atoms with van der Waals surface area (Å²) in [5.74, 6) is 0. The van der Waals surface area contributed by atoms with Gasteiger partial charge >= 0.3 is 0 Å². The molecule has 86 valence electrons. The zero-order valence-electron chi connectivity index (χ0n) is 10.1. The fraction of sp³-hybridized carbons (Fsp3) is 0.125. The molecule has 17 heavy (non-hydrogen) atoms. The Morgan fingerprint density at radius 2 is 1.59 bits per heavy atom. The third-order valence-electron chi connectivity index (χ3n) is 2.76. The number of rotatable bonds is 3. The smallest absolute Gasteiger partial charge is 0.00664 e. The van der Waals surface area contributed by atoms with Crippen LogP contribution in [0, 0.1) is 0 Å². The summed E-state index contributed by atoms with van der Waals surface area (Å²) in [4.78, 5) is 0. The lowest BCUT2D eigenvalue weighted by molar-refractivity contribution is 1.16. The molecular weight excluding hydrogens is 223 g/mol. The molecule has 0 aliphatic carbocycles. The predicted octanol–water partition coefficient (Wildman–Crippen LogP) is 3.97. The van der Waals surface area contributed by atoms with Gasteiger partial charge in [0.2, 0.25) is 0 Å². The number of benzene rings is 2. The molecule has 0 amide bonds. The lowest BCUT2D eigenvalue weighted by atomic mass is 9.96. The summed E-state index contributed by atoms with van der Waals surface area (Å²) in [6, 6.07) is 17.0. The second kappa shape index (κ2) is 5.29. The van der Waals surface area contributed by atoms with E-state index in [2.05, 4.69) is 71.3 Å². The Hall–Kier alpha value is -1.39. The first-order valence-electron chi connectivity index (χ1n) is 5.75. The summed E-state index contributed by atoms with van der Waals surface area (Å²) in [7, 11) is 2.80. The number of hydrogen-bond donors (Lipinski definition) is 0. The van der Waals surface area contributed by atoms with E-state index in [1.807, 2.05) is 0 Å². The molecular formula is C16H17P. The fourth-order valence-corrected chi connectivity index (χ4v) is 2.37. The fourth-order valence-electron chi connectivity index (χ4n) is 2.00. The van der Waals surface area contributed by atoms with Gasteiger partial charge in [-0.05, 0) is 35.3 Å². The van der Waals surface area contributed by atoms with Crippen LogP contribution in [-0.4, -0.2) is 0 Å². The third-order valence-corrected chi connectivity index (χ3v) is 3.26. The SMILES string of the molecule is C=C(C)Cc1ccccc1-c1ccccc1P. The van der Waals surface area contributed by atoms with Crippen LogP contribution in [0.1, 0.15) is 12.5 Å². The van der Waals surface area contributed by atoms with Crippen LogP contribution in [0.15, 0.2) is 60.7 Å². The van der Waals surface area contributed by atoms with Crippen LogP contribution in [-0.2, 0) is 6.42 Å². The van der Waals surface area contributed by atoms with Gasteiger partial charge in [0, 0.05) is 0 Å². The maximum atomic E-state index is 4.00. The third kappa shape index (κ3) is 2.84. The Morgan fingerprint density at radius 1 is 1.00 bits per heavy atom. The van der Waals surface area contributed by atoms with Crippen LogP contribution in [0.25, 0.3) is 11.1 Å². The molecule has 0 saturated carbocycles. The van der Waals surface area contributed by atoms with Crippen LogP contribution < -0.4 is 5.30 Å². The van der Waals surface area contributed by atoms with Crippen molar-refractivity contribution >= 4 is 14.5 Å². The highest BCUT2D eigenvalue weighted by Gasteiger charge is 2.06. The summed E-state index contributed by atoms with van der Waals surface area (Å²) in [6.45, 7) is 6.08. The van der Waals surface area contributed by atoms with Crippen molar-refractivity contribution in [2.45, 2.75) is 13.3 Å². The van der Waals surface area contributed by atoms with E-state index in [0.29, 0.717) is 0 Å². The molecule has 0 aliphatic heterocycles. The Bertz CT molecular complexity index is 541. The van der Waals surface area contributed by atoms with E-state index in [1.165, 1.54) is 27.6 Å². The van der Waals surface area contributed by atoms with Crippen molar-refractivity contribution < 1.29 is 0 Å². The highest BCUT2D eigenvalue weighted by molar-refractivity contribution is 7.28. The average molecular weight is 240 g/mol. The molecule has 1 unspecified atom stereocenters. The molecule has 0 bridgehead atoms. The zero-order chi connectivity index (χ0) is 12.3. The summed E-state index contributed by atoms with van der Waals surface area (Å²) < 4.78 is 0. The minimum Gasteiger partial charge on any atom is -0.105 e. The van der Waals surface area contributed by atoms with E-state index in [-0.39, 0.29) is 0 Å². The second-order valence-corrected chi connectivity index (χ2v) is 5.00. The van der Waals surface area contributed by atoms with Crippen LogP contribution in [0.2, 0.25) is 0 Å². The molecule has 1 atom stereocenters. The van der Waals surface area contributed by atoms with E-state index < -0.39 is 0 Å². The van der Waals surface area contributed by atoms with Crippen molar-refractivity contribution in [1.82, 2.24) is 0 Å². The van der Waals surface area contributed by atoms with E-state index >= 15 is 0 Å². The molecule has 0 saturated heterocycles. The summed E-state index contributed by atoms with van der Waals surface area (Å²) in [5, 5.41) is 1.24. The number of allylic oxidation sites excluding steroid dienone is 1. The zero-order valence-corrected chi connectivity index (χ0v) is 11.3. The minimum absolute atomic E-state index is 0.940. The Kier molecular flexibility index (Phi) is 3.76. The first-order valence-corrected chi connectivity index (χ1v) is 6.33. The Balaban J connectivity index is 2.52. The molecule has 2 aromatic carbocycles. The van der Waals surface area contributed by atoms with E-state index in [4.69, 9.17) is 0 Å². The van der Waals surface area contributed by atoms with Gasteiger partial charge in [-0.15, -0.1) is 9.24 Å². The van der Waals surface area contributed by atoms with Gasteiger partial charge in [0.25, 0.3) is 0 Å². The van der Waals surface area contributed by atoms with Crippen LogP contribution in [0.4, 0.5) is 0 Å². The standard InChI is InChI=1S/C16H17P/c1-12(2)11-13-7-3-4-8-14(13)15-9-5-6-10-16(15)17/h3-10H,1,11,17H2,2H3. The first kappa shape index (κ1) is 12.1. The molecule has 0 aromatic heterocycles. The van der Waals surface area contributed by atoms with Crippen LogP contribution in [0.3, 0.4) is 0 Å². The molecule has 2 aromatic rings. The van der Waals surface area contributed by atoms with Gasteiger partial charge < -0.3 is 0 Å². The molecule has 0 N–H and O–H groups in total. The molecule has 0 aliphatic rings. The van der Waals surface area contributed by atoms with Gasteiger partial charge in [-0.25, -0.2) is 0 Å². The predicted molar refractivity (Wildman–Crippen MR) is 79.7 cm³/mol. The molecule has 0 fully saturated rings. The second-order valence-electron chi connectivity index (χ2n) is 4.38. The van der Waals surface area contributed by atoms with Gasteiger partial charge in [0.1, 0.15) is 0 Å². The van der Waals surface area contributed by atoms with E-state index in [0.717, 1.165) is 6.42 Å². The van der Waals surface area contributed by atoms with E-state index in [1.54, 1.807) is 0 Å². The molecule has 0 heterocycles. The molecule has 1 heteroatoms. The molecule has 0 nitrogen and oxygen atoms in total. The topological polar surface area (TPSA) is 0 Å². The highest BCUT2D eigenvalue weighted by Crippen LogP contribution is 2.25. The van der Waals surface area contributed by atoms with Crippen molar-refractivity contribution in [3.63, 3.8) is 0 Å². The van der Waals surface area contributed by atoms with Gasteiger partial charge in [-0.1, -0.05) is 60.7 Å². The first-order chi connectivity index (χ1) is 8.18. The van der Waals surface area contributed by atoms with Crippen molar-refractivity contribution in [2.75, 3.05) is 0 Å². The van der Waals surface area contributed by atoms with Crippen molar-refractivity contribution in [3.05, 3.63) is 66.2 Å². The number of hydrogen-bond acceptors (Lipinski definition) is 0. The highest BCUT2D eigenvalue weighted by atomic mass is 31.0. The lowest BCUT2D eigenvalue weighted by Crippen LogP contribution is -1.99. The van der Waals surface area contributed by atoms with Gasteiger partial charge in [-0.3, -0.25) is 0 Å². The molecule has 2 rings (SSSR count). The Morgan fingerprint density at radius 3 is 2.24 bits per heavy atom. The van der Waals surface area contributed by atoms with Crippen molar-refractivity contribution in [1.29, 1.82) is 0 Å². The van der Waals surface area contributed by atoms with Gasteiger partial charge in [-0.2, -0.15) is 0 Å². The largest absolute Gasteiger partial charge is 0.105 e.